The summed E-state index contributed by atoms with van der Waals surface area (Å²) in [6.45, 7) is 25.3. The van der Waals surface area contributed by atoms with Crippen molar-refractivity contribution in [3.05, 3.63) is 239 Å². The molecule has 1 spiro atoms. The van der Waals surface area contributed by atoms with Gasteiger partial charge < -0.3 is 14.6 Å². The Bertz CT molecular complexity index is 3610. The fourth-order valence-corrected chi connectivity index (χ4v) is 13.1. The zero-order chi connectivity index (χ0) is 51.2. The number of para-hydroxylation sites is 2. The molecule has 4 heteroatoms. The van der Waals surface area contributed by atoms with Crippen LogP contribution in [-0.4, -0.2) is 6.85 Å². The van der Waals surface area contributed by atoms with E-state index in [1.54, 1.807) is 0 Å². The summed E-state index contributed by atoms with van der Waals surface area (Å²) in [5, 5.41) is 0. The van der Waals surface area contributed by atoms with E-state index in [4.69, 9.17) is 0 Å². The first-order valence-electron chi connectivity index (χ1n) is 26.9. The predicted octanol–water partition coefficient (Wildman–Crippen LogP) is 17.6. The molecule has 0 radical (unpaired) electrons. The maximum absolute atomic E-state index is 2.68. The molecule has 1 aliphatic carbocycles. The van der Waals surface area contributed by atoms with Gasteiger partial charge in [-0.05, 0) is 161 Å². The van der Waals surface area contributed by atoms with Crippen LogP contribution in [0.5, 0.6) is 0 Å². The summed E-state index contributed by atoms with van der Waals surface area (Å²) < 4.78 is 0. The average Bonchev–Trinajstić information content (AvgIpc) is 3.68. The predicted molar refractivity (Wildman–Crippen MR) is 316 cm³/mol. The van der Waals surface area contributed by atoms with Gasteiger partial charge in [0, 0.05) is 45.4 Å². The normalized spacial score (nSPS) is 14.6. The topological polar surface area (TPSA) is 9.72 Å². The standard InChI is InChI=1S/C70H66BN3/c1-44(2)45-41-56-55-43-52(72(49-33-27-46(28-34-49)67(3,4)5)50-35-29-47(30-36-50)68(6,7)8)39-40-62(55)74(51-37-31-48(32-38-51)69(9,10)11)71-61-25-18-24-60-66(61)73(64(42-45)65(56)71)63-26-17-16-23-59(63)70(60)57-21-14-12-19-53(57)54-20-13-15-22-58(54)70/h12-44H,1-11H3. The Hall–Kier alpha value is -7.56. The maximum Gasteiger partial charge on any atom is 0.333 e. The first-order chi connectivity index (χ1) is 35.4. The van der Waals surface area contributed by atoms with Crippen LogP contribution in [-0.2, 0) is 21.7 Å². The molecule has 0 fully saturated rings. The van der Waals surface area contributed by atoms with E-state index in [9.17, 15) is 0 Å². The number of anilines is 8. The van der Waals surface area contributed by atoms with E-state index in [1.807, 2.05) is 0 Å². The second kappa shape index (κ2) is 16.2. The Morgan fingerprint density at radius 2 is 0.919 bits per heavy atom. The first kappa shape index (κ1) is 46.2. The summed E-state index contributed by atoms with van der Waals surface area (Å²) in [4.78, 5) is 7.82. The molecule has 0 atom stereocenters. The van der Waals surface area contributed by atoms with Crippen molar-refractivity contribution in [1.29, 1.82) is 0 Å². The van der Waals surface area contributed by atoms with Crippen molar-refractivity contribution in [3.63, 3.8) is 0 Å². The van der Waals surface area contributed by atoms with E-state index in [2.05, 4.69) is 285 Å². The van der Waals surface area contributed by atoms with Crippen LogP contribution in [0.25, 0.3) is 22.3 Å². The Labute approximate surface area is 440 Å². The molecule has 0 unspecified atom stereocenters. The maximum atomic E-state index is 2.68. The van der Waals surface area contributed by atoms with Crippen molar-refractivity contribution in [3.8, 4) is 22.3 Å². The number of hydrogen-bond donors (Lipinski definition) is 0. The van der Waals surface area contributed by atoms with Crippen molar-refractivity contribution >= 4 is 63.3 Å². The highest BCUT2D eigenvalue weighted by Crippen LogP contribution is 2.64. The van der Waals surface area contributed by atoms with Crippen molar-refractivity contribution in [1.82, 2.24) is 0 Å². The molecule has 0 amide bonds. The Morgan fingerprint density at radius 1 is 0.419 bits per heavy atom. The molecule has 9 aromatic rings. The van der Waals surface area contributed by atoms with Gasteiger partial charge in [-0.1, -0.05) is 204 Å². The third-order valence-electron chi connectivity index (χ3n) is 16.9. The van der Waals surface area contributed by atoms with Crippen molar-refractivity contribution in [2.24, 2.45) is 0 Å². The lowest BCUT2D eigenvalue weighted by Crippen LogP contribution is -2.62. The molecular formula is C70H66BN3. The zero-order valence-corrected chi connectivity index (χ0v) is 45.0. The lowest BCUT2D eigenvalue weighted by atomic mass is 9.42. The summed E-state index contributed by atoms with van der Waals surface area (Å²) in [5.41, 5.74) is 27.7. The summed E-state index contributed by atoms with van der Waals surface area (Å²) in [7, 11) is 0. The van der Waals surface area contributed by atoms with Gasteiger partial charge in [0.25, 0.3) is 0 Å². The monoisotopic (exact) mass is 960 g/mol. The van der Waals surface area contributed by atoms with Crippen molar-refractivity contribution < 1.29 is 0 Å². The van der Waals surface area contributed by atoms with Gasteiger partial charge in [-0.2, -0.15) is 0 Å². The summed E-state index contributed by atoms with van der Waals surface area (Å²) in [6, 6.07) is 75.3. The first-order valence-corrected chi connectivity index (χ1v) is 26.9. The molecule has 3 heterocycles. The third kappa shape index (κ3) is 6.72. The molecule has 9 aromatic carbocycles. The molecule has 0 saturated heterocycles. The van der Waals surface area contributed by atoms with Crippen molar-refractivity contribution in [2.75, 3.05) is 14.6 Å². The number of rotatable bonds is 5. The van der Waals surface area contributed by atoms with Gasteiger partial charge in [-0.15, -0.1) is 0 Å². The average molecular weight is 960 g/mol. The van der Waals surface area contributed by atoms with Gasteiger partial charge in [0.15, 0.2) is 0 Å². The smallest absolute Gasteiger partial charge is 0.333 e. The number of hydrogen-bond acceptors (Lipinski definition) is 3. The molecule has 0 aromatic heterocycles. The van der Waals surface area contributed by atoms with Crippen LogP contribution in [0.4, 0.5) is 45.5 Å². The molecule has 3 nitrogen and oxygen atoms in total. The van der Waals surface area contributed by atoms with Gasteiger partial charge in [-0.25, -0.2) is 0 Å². The fourth-order valence-electron chi connectivity index (χ4n) is 13.1. The molecule has 13 rings (SSSR count). The highest BCUT2D eigenvalue weighted by molar-refractivity contribution is 6.93. The van der Waals surface area contributed by atoms with E-state index in [0.29, 0.717) is 5.92 Å². The second-order valence-electron chi connectivity index (χ2n) is 24.8. The quantitative estimate of drug-likeness (QED) is 0.159. The minimum Gasteiger partial charge on any atom is -0.376 e. The minimum absolute atomic E-state index is 0.0132. The largest absolute Gasteiger partial charge is 0.376 e. The fraction of sp³-hybridized carbons (Fsp3) is 0.229. The molecule has 74 heavy (non-hydrogen) atoms. The zero-order valence-electron chi connectivity index (χ0n) is 45.0. The van der Waals surface area contributed by atoms with Gasteiger partial charge in [0.1, 0.15) is 0 Å². The molecule has 0 N–H and O–H groups in total. The van der Waals surface area contributed by atoms with Gasteiger partial charge in [0.2, 0.25) is 0 Å². The second-order valence-corrected chi connectivity index (χ2v) is 24.8. The van der Waals surface area contributed by atoms with Crippen LogP contribution in [0.2, 0.25) is 0 Å². The van der Waals surface area contributed by atoms with E-state index in [0.717, 1.165) is 17.1 Å². The third-order valence-corrected chi connectivity index (χ3v) is 16.9. The lowest BCUT2D eigenvalue weighted by Gasteiger charge is -2.51. The van der Waals surface area contributed by atoms with E-state index < -0.39 is 5.41 Å². The Morgan fingerprint density at radius 3 is 1.47 bits per heavy atom. The highest BCUT2D eigenvalue weighted by Gasteiger charge is 2.55. The summed E-state index contributed by atoms with van der Waals surface area (Å²) >= 11 is 0. The molecular weight excluding hydrogens is 894 g/mol. The number of benzene rings is 9. The van der Waals surface area contributed by atoms with Gasteiger partial charge >= 0.3 is 6.85 Å². The summed E-state index contributed by atoms with van der Waals surface area (Å²) in [5.74, 6) is 0.292. The van der Waals surface area contributed by atoms with Crippen LogP contribution in [0.3, 0.4) is 0 Å². The number of nitrogens with zero attached hydrogens (tertiary/aromatic N) is 3. The molecule has 0 bridgehead atoms. The minimum atomic E-state index is -0.512. The van der Waals surface area contributed by atoms with E-state index in [1.165, 1.54) is 106 Å². The van der Waals surface area contributed by atoms with E-state index in [-0.39, 0.29) is 23.1 Å². The van der Waals surface area contributed by atoms with Crippen LogP contribution in [0, 0.1) is 0 Å². The van der Waals surface area contributed by atoms with Crippen LogP contribution >= 0.6 is 0 Å². The Kier molecular flexibility index (Phi) is 10.1. The van der Waals surface area contributed by atoms with Gasteiger partial charge in [0.05, 0.1) is 11.1 Å². The molecule has 364 valence electrons. The van der Waals surface area contributed by atoms with Crippen LogP contribution in [0.1, 0.15) is 127 Å². The summed E-state index contributed by atoms with van der Waals surface area (Å²) in [6.07, 6.45) is 0. The number of fused-ring (bicyclic) bond motifs is 13. The van der Waals surface area contributed by atoms with E-state index >= 15 is 0 Å². The lowest BCUT2D eigenvalue weighted by molar-refractivity contribution is 0.590. The molecule has 3 aliphatic heterocycles. The van der Waals surface area contributed by atoms with Crippen LogP contribution in [0.15, 0.2) is 194 Å². The van der Waals surface area contributed by atoms with Crippen LogP contribution < -0.4 is 25.5 Å². The SMILES string of the molecule is CC(C)c1cc2c3c(c1)N1c4ccccc4C4(c5ccccc5-c5ccccc54)c4cccc(c41)B3N(c1ccc(C(C)(C)C)cc1)c1ccc(N(c3ccc(C(C)(C)C)cc3)c3ccc(C(C)(C)C)cc3)cc1-2. The molecule has 4 aliphatic rings. The van der Waals surface area contributed by atoms with Gasteiger partial charge in [-0.3, -0.25) is 0 Å². The van der Waals surface area contributed by atoms with Crippen molar-refractivity contribution in [2.45, 2.75) is 104 Å². The Balaban J connectivity index is 1.11. The molecule has 0 saturated carbocycles. The highest BCUT2D eigenvalue weighted by atomic mass is 15.2.